The summed E-state index contributed by atoms with van der Waals surface area (Å²) in [6.45, 7) is 9.35. The minimum absolute atomic E-state index is 0.0971. The van der Waals surface area contributed by atoms with Gasteiger partial charge in [-0.15, -0.1) is 0 Å². The maximum absolute atomic E-state index is 12.2. The fraction of sp³-hybridized carbons (Fsp3) is 0.625. The average Bonchev–Trinajstić information content (AvgIpc) is 3.44. The number of hydrogen-bond donors (Lipinski definition) is 4. The first-order valence-electron chi connectivity index (χ1n) is 12.6. The number of carbonyl (C=O) groups is 2. The van der Waals surface area contributed by atoms with Gasteiger partial charge in [-0.2, -0.15) is 0 Å². The van der Waals surface area contributed by atoms with Crippen LogP contribution >= 0.6 is 0 Å². The summed E-state index contributed by atoms with van der Waals surface area (Å²) >= 11 is 0. The number of nitrogen functional groups attached to an aromatic ring is 1. The lowest BCUT2D eigenvalue weighted by Crippen LogP contribution is -2.49. The molecule has 4 rings (SSSR count). The molecule has 2 saturated heterocycles. The van der Waals surface area contributed by atoms with Crippen LogP contribution in [0, 0.1) is 17.8 Å². The highest BCUT2D eigenvalue weighted by Gasteiger charge is 2.47. The van der Waals surface area contributed by atoms with Gasteiger partial charge in [-0.3, -0.25) is 14.3 Å². The van der Waals surface area contributed by atoms with Crippen molar-refractivity contribution in [2.45, 2.75) is 45.3 Å². The SMILES string of the molecule is CCNC(=O)[C@H]1O[C@@H](n2cnc3c(N)nc(C#CCN4CCN(C(=O)OCC(C)C)CC4)nc32)C(O)[C@H]1O. The number of aromatic nitrogens is 4. The van der Waals surface area contributed by atoms with Crippen molar-refractivity contribution in [2.24, 2.45) is 5.92 Å². The zero-order valence-corrected chi connectivity index (χ0v) is 21.7. The molecule has 2 aliphatic heterocycles. The topological polar surface area (TPSA) is 181 Å². The van der Waals surface area contributed by atoms with Crippen molar-refractivity contribution in [3.8, 4) is 11.8 Å². The van der Waals surface area contributed by atoms with Crippen LogP contribution in [0.3, 0.4) is 0 Å². The maximum atomic E-state index is 12.2. The molecule has 2 aromatic heterocycles. The molecular formula is C24H34N8O6. The van der Waals surface area contributed by atoms with Gasteiger partial charge in [0.15, 0.2) is 23.8 Å². The first-order valence-corrected chi connectivity index (χ1v) is 12.6. The van der Waals surface area contributed by atoms with E-state index in [1.54, 1.807) is 11.8 Å². The first kappa shape index (κ1) is 27.5. The summed E-state index contributed by atoms with van der Waals surface area (Å²) < 4.78 is 12.4. The molecule has 4 heterocycles. The van der Waals surface area contributed by atoms with Crippen molar-refractivity contribution in [1.29, 1.82) is 0 Å². The third-order valence-electron chi connectivity index (χ3n) is 6.24. The highest BCUT2D eigenvalue weighted by Crippen LogP contribution is 2.32. The number of hydrogen-bond acceptors (Lipinski definition) is 11. The fourth-order valence-corrected chi connectivity index (χ4v) is 4.21. The number of nitrogens with one attached hydrogen (secondary N) is 1. The Balaban J connectivity index is 1.42. The number of nitrogens with two attached hydrogens (primary N) is 1. The van der Waals surface area contributed by atoms with Crippen LogP contribution in [-0.2, 0) is 14.3 Å². The normalized spacial score (nSPS) is 23.9. The number of likely N-dealkylation sites (N-methyl/N-ethyl adjacent to an activating group) is 1. The lowest BCUT2D eigenvalue weighted by Gasteiger charge is -2.33. The monoisotopic (exact) mass is 530 g/mol. The number of fused-ring (bicyclic) bond motifs is 1. The summed E-state index contributed by atoms with van der Waals surface area (Å²) in [5.74, 6) is 5.96. The van der Waals surface area contributed by atoms with Crippen molar-refractivity contribution >= 4 is 29.0 Å². The molecule has 1 unspecified atom stereocenters. The summed E-state index contributed by atoms with van der Waals surface area (Å²) in [7, 11) is 0. The number of ether oxygens (including phenoxy) is 2. The van der Waals surface area contributed by atoms with E-state index < -0.39 is 30.4 Å². The Morgan fingerprint density at radius 2 is 1.97 bits per heavy atom. The zero-order valence-electron chi connectivity index (χ0n) is 21.7. The molecule has 0 bridgehead atoms. The Morgan fingerprint density at radius 1 is 1.24 bits per heavy atom. The molecule has 0 radical (unpaired) electrons. The van der Waals surface area contributed by atoms with E-state index in [1.807, 2.05) is 13.8 Å². The predicted molar refractivity (Wildman–Crippen MR) is 135 cm³/mol. The fourth-order valence-electron chi connectivity index (χ4n) is 4.21. The Labute approximate surface area is 220 Å². The van der Waals surface area contributed by atoms with Gasteiger partial charge in [0, 0.05) is 32.7 Å². The molecule has 0 spiro atoms. The molecule has 0 aromatic carbocycles. The molecule has 0 saturated carbocycles. The van der Waals surface area contributed by atoms with E-state index in [0.717, 1.165) is 0 Å². The lowest BCUT2D eigenvalue weighted by molar-refractivity contribution is -0.137. The molecule has 0 aliphatic carbocycles. The smallest absolute Gasteiger partial charge is 0.409 e. The van der Waals surface area contributed by atoms with Crippen LogP contribution in [0.4, 0.5) is 10.6 Å². The third-order valence-corrected chi connectivity index (χ3v) is 6.24. The zero-order chi connectivity index (χ0) is 27.4. The summed E-state index contributed by atoms with van der Waals surface area (Å²) in [4.78, 5) is 41.0. The molecule has 14 heteroatoms. The number of aliphatic hydroxyl groups is 2. The van der Waals surface area contributed by atoms with E-state index in [2.05, 4.69) is 37.0 Å². The van der Waals surface area contributed by atoms with E-state index in [4.69, 9.17) is 15.2 Å². The third kappa shape index (κ3) is 5.97. The van der Waals surface area contributed by atoms with E-state index >= 15 is 0 Å². The second-order valence-corrected chi connectivity index (χ2v) is 9.62. The number of carbonyl (C=O) groups excluding carboxylic acids is 2. The second-order valence-electron chi connectivity index (χ2n) is 9.62. The number of amides is 2. The molecule has 5 N–H and O–H groups in total. The molecule has 206 valence electrons. The molecule has 4 atom stereocenters. The molecule has 2 aliphatic rings. The van der Waals surface area contributed by atoms with Gasteiger partial charge in [-0.05, 0) is 18.8 Å². The van der Waals surface area contributed by atoms with Crippen LogP contribution in [0.25, 0.3) is 11.2 Å². The van der Waals surface area contributed by atoms with Gasteiger partial charge in [0.05, 0.1) is 19.5 Å². The van der Waals surface area contributed by atoms with E-state index in [9.17, 15) is 19.8 Å². The van der Waals surface area contributed by atoms with Gasteiger partial charge in [-0.25, -0.2) is 19.7 Å². The van der Waals surface area contributed by atoms with Gasteiger partial charge >= 0.3 is 6.09 Å². The minimum Gasteiger partial charge on any atom is -0.449 e. The predicted octanol–water partition coefficient (Wildman–Crippen LogP) is -1.07. The Bertz CT molecular complexity index is 1220. The van der Waals surface area contributed by atoms with Crippen molar-refractivity contribution in [3.05, 3.63) is 12.2 Å². The maximum Gasteiger partial charge on any atom is 0.409 e. The number of aliphatic hydroxyl groups excluding tert-OH is 2. The molecular weight excluding hydrogens is 496 g/mol. The molecule has 2 fully saturated rings. The van der Waals surface area contributed by atoms with Crippen LogP contribution in [0.5, 0.6) is 0 Å². The summed E-state index contributed by atoms with van der Waals surface area (Å²) in [5, 5.41) is 23.5. The van der Waals surface area contributed by atoms with E-state index in [-0.39, 0.29) is 34.8 Å². The van der Waals surface area contributed by atoms with Crippen molar-refractivity contribution in [3.63, 3.8) is 0 Å². The molecule has 38 heavy (non-hydrogen) atoms. The number of piperazine rings is 1. The summed E-state index contributed by atoms with van der Waals surface area (Å²) in [6, 6.07) is 0. The lowest BCUT2D eigenvalue weighted by atomic mass is 10.1. The summed E-state index contributed by atoms with van der Waals surface area (Å²) in [5.41, 5.74) is 6.61. The average molecular weight is 531 g/mol. The highest BCUT2D eigenvalue weighted by atomic mass is 16.6. The molecule has 2 amide bonds. The number of nitrogens with zero attached hydrogens (tertiary/aromatic N) is 6. The minimum atomic E-state index is -1.43. The number of anilines is 1. The quantitative estimate of drug-likeness (QED) is 0.334. The molecule has 2 aromatic rings. The first-order chi connectivity index (χ1) is 18.2. The van der Waals surface area contributed by atoms with Crippen molar-refractivity contribution in [1.82, 2.24) is 34.6 Å². The van der Waals surface area contributed by atoms with E-state index in [1.165, 1.54) is 10.9 Å². The van der Waals surface area contributed by atoms with Gasteiger partial charge in [-0.1, -0.05) is 19.8 Å². The van der Waals surface area contributed by atoms with E-state index in [0.29, 0.717) is 45.9 Å². The van der Waals surface area contributed by atoms with Crippen LogP contribution in [-0.4, -0.2) is 116 Å². The standard InChI is InChI=1S/C24H34N8O6/c1-4-26-22(35)19-17(33)18(34)23(38-19)32-13-27-16-20(25)28-15(29-21(16)32)6-5-7-30-8-10-31(11-9-30)24(36)37-12-14(2)3/h13-14,17-19,23,33-34H,4,7-12H2,1-3H3,(H,26,35)(H2,25,28,29)/t17-,18?,19+,23-/m1/s1. The van der Waals surface area contributed by atoms with Crippen LogP contribution in [0.15, 0.2) is 6.33 Å². The number of imidazole rings is 1. The highest BCUT2D eigenvalue weighted by molar-refractivity contribution is 5.83. The van der Waals surface area contributed by atoms with Crippen LogP contribution in [0.2, 0.25) is 0 Å². The van der Waals surface area contributed by atoms with Gasteiger partial charge in [0.1, 0.15) is 17.7 Å². The Morgan fingerprint density at radius 3 is 2.66 bits per heavy atom. The van der Waals surface area contributed by atoms with Gasteiger partial charge < -0.3 is 35.6 Å². The van der Waals surface area contributed by atoms with Gasteiger partial charge in [0.2, 0.25) is 5.82 Å². The Kier molecular flexibility index (Phi) is 8.62. The summed E-state index contributed by atoms with van der Waals surface area (Å²) in [6.07, 6.45) is -4.12. The van der Waals surface area contributed by atoms with Crippen LogP contribution < -0.4 is 11.1 Å². The molecule has 14 nitrogen and oxygen atoms in total. The largest absolute Gasteiger partial charge is 0.449 e. The van der Waals surface area contributed by atoms with Crippen molar-refractivity contribution in [2.75, 3.05) is 51.6 Å². The second kappa shape index (κ2) is 11.9. The van der Waals surface area contributed by atoms with Crippen LogP contribution in [0.1, 0.15) is 32.8 Å². The Hall–Kier alpha value is -3.51. The van der Waals surface area contributed by atoms with Gasteiger partial charge in [0.25, 0.3) is 5.91 Å². The number of rotatable bonds is 6. The van der Waals surface area contributed by atoms with Crippen molar-refractivity contribution < 1.29 is 29.3 Å².